The van der Waals surface area contributed by atoms with E-state index in [1.54, 1.807) is 35.2 Å². The maximum Gasteiger partial charge on any atom is 0.258 e. The number of carbonyl (C=O) groups excluding carboxylic acids is 1. The number of rotatable bonds is 5. The Balaban J connectivity index is 2.01. The maximum absolute atomic E-state index is 13.3. The smallest absolute Gasteiger partial charge is 0.258 e. The highest BCUT2D eigenvalue weighted by Crippen LogP contribution is 2.27. The van der Waals surface area contributed by atoms with Gasteiger partial charge in [-0.25, -0.2) is 8.42 Å². The van der Waals surface area contributed by atoms with Crippen molar-refractivity contribution in [2.24, 2.45) is 0 Å². The van der Waals surface area contributed by atoms with Gasteiger partial charge in [-0.3, -0.25) is 4.79 Å². The van der Waals surface area contributed by atoms with E-state index in [2.05, 4.69) is 13.8 Å². The quantitative estimate of drug-likeness (QED) is 0.786. The van der Waals surface area contributed by atoms with Gasteiger partial charge in [-0.15, -0.1) is 0 Å². The summed E-state index contributed by atoms with van der Waals surface area (Å²) >= 11 is 0. The van der Waals surface area contributed by atoms with Crippen LogP contribution in [0.2, 0.25) is 0 Å². The molecule has 0 aromatic heterocycles. The van der Waals surface area contributed by atoms with Crippen LogP contribution < -0.4 is 9.64 Å². The molecule has 2 aromatic rings. The van der Waals surface area contributed by atoms with Crippen molar-refractivity contribution < 1.29 is 17.9 Å². The fourth-order valence-corrected chi connectivity index (χ4v) is 4.36. The number of hydrogen-bond acceptors (Lipinski definition) is 4. The lowest BCUT2D eigenvalue weighted by Gasteiger charge is -2.28. The molecule has 1 atom stereocenters. The summed E-state index contributed by atoms with van der Waals surface area (Å²) in [5.74, 6) is 0.561. The Morgan fingerprint density at radius 2 is 1.85 bits per heavy atom. The van der Waals surface area contributed by atoms with E-state index in [-0.39, 0.29) is 11.7 Å². The topological polar surface area (TPSA) is 63.7 Å². The first-order chi connectivity index (χ1) is 12.8. The van der Waals surface area contributed by atoms with E-state index < -0.39 is 15.9 Å². The molecular weight excluding hydrogens is 362 g/mol. The number of benzene rings is 2. The predicted octanol–water partition coefficient (Wildman–Crippen LogP) is 3.78. The molecule has 0 bridgehead atoms. The van der Waals surface area contributed by atoms with Crippen molar-refractivity contribution in [1.82, 2.24) is 0 Å². The number of carbonyl (C=O) groups is 1. The average Bonchev–Trinajstić information content (AvgIpc) is 3.01. The van der Waals surface area contributed by atoms with Crippen molar-refractivity contribution in [2.45, 2.75) is 25.8 Å². The van der Waals surface area contributed by atoms with Crippen LogP contribution in [0, 0.1) is 0 Å². The second-order valence-corrected chi connectivity index (χ2v) is 8.81. The number of ether oxygens (including phenoxy) is 1. The van der Waals surface area contributed by atoms with Crippen molar-refractivity contribution >= 4 is 21.4 Å². The van der Waals surface area contributed by atoms with E-state index in [0.29, 0.717) is 22.9 Å². The Morgan fingerprint density at radius 1 is 1.15 bits per heavy atom. The van der Waals surface area contributed by atoms with Gasteiger partial charge in [0.2, 0.25) is 0 Å². The summed E-state index contributed by atoms with van der Waals surface area (Å²) in [6.45, 7) is 4.20. The van der Waals surface area contributed by atoms with Crippen molar-refractivity contribution in [3.63, 3.8) is 0 Å². The Labute approximate surface area is 160 Å². The van der Waals surface area contributed by atoms with Gasteiger partial charge in [0.1, 0.15) is 5.75 Å². The summed E-state index contributed by atoms with van der Waals surface area (Å²) in [6.07, 6.45) is 1.57. The summed E-state index contributed by atoms with van der Waals surface area (Å²) in [4.78, 5) is 14.8. The number of nitrogens with zero attached hydrogens (tertiary/aromatic N) is 1. The SMILES string of the molecule is COc1cccc(C(=O)N(c2ccc(C(C)C)cc2)[C@@H]2C=CS(=O)(=O)C2)c1. The van der Waals surface area contributed by atoms with Gasteiger partial charge in [0.25, 0.3) is 5.91 Å². The average molecular weight is 385 g/mol. The molecule has 0 N–H and O–H groups in total. The van der Waals surface area contributed by atoms with Crippen LogP contribution in [0.3, 0.4) is 0 Å². The van der Waals surface area contributed by atoms with Crippen LogP contribution in [0.25, 0.3) is 0 Å². The molecule has 0 radical (unpaired) electrons. The molecule has 0 aliphatic carbocycles. The molecule has 5 nitrogen and oxygen atoms in total. The van der Waals surface area contributed by atoms with Crippen LogP contribution in [0.4, 0.5) is 5.69 Å². The van der Waals surface area contributed by atoms with Crippen molar-refractivity contribution in [1.29, 1.82) is 0 Å². The van der Waals surface area contributed by atoms with Crippen LogP contribution in [0.1, 0.15) is 35.7 Å². The van der Waals surface area contributed by atoms with Gasteiger partial charge in [-0.1, -0.05) is 32.0 Å². The van der Waals surface area contributed by atoms with Crippen LogP contribution >= 0.6 is 0 Å². The maximum atomic E-state index is 13.3. The summed E-state index contributed by atoms with van der Waals surface area (Å²) in [5, 5.41) is 1.19. The molecule has 0 fully saturated rings. The Morgan fingerprint density at radius 3 is 2.41 bits per heavy atom. The molecule has 1 amide bonds. The second kappa shape index (κ2) is 7.56. The van der Waals surface area contributed by atoms with Crippen molar-refractivity contribution in [3.05, 3.63) is 71.1 Å². The number of amides is 1. The summed E-state index contributed by atoms with van der Waals surface area (Å²) in [5.41, 5.74) is 2.26. The van der Waals surface area contributed by atoms with Gasteiger partial charge >= 0.3 is 0 Å². The Kier molecular flexibility index (Phi) is 5.37. The first-order valence-corrected chi connectivity index (χ1v) is 10.5. The summed E-state index contributed by atoms with van der Waals surface area (Å²) < 4.78 is 29.1. The van der Waals surface area contributed by atoms with Crippen LogP contribution in [-0.2, 0) is 9.84 Å². The number of methoxy groups -OCH3 is 1. The van der Waals surface area contributed by atoms with Crippen LogP contribution in [0.5, 0.6) is 5.75 Å². The molecule has 27 heavy (non-hydrogen) atoms. The van der Waals surface area contributed by atoms with Crippen LogP contribution in [-0.4, -0.2) is 33.2 Å². The van der Waals surface area contributed by atoms with E-state index in [1.807, 2.05) is 24.3 Å². The number of hydrogen-bond donors (Lipinski definition) is 0. The van der Waals surface area contributed by atoms with Crippen molar-refractivity contribution in [2.75, 3.05) is 17.8 Å². The second-order valence-electron chi connectivity index (χ2n) is 6.88. The van der Waals surface area contributed by atoms with Gasteiger partial charge in [-0.05, 0) is 47.9 Å². The number of anilines is 1. The molecule has 2 aromatic carbocycles. The lowest BCUT2D eigenvalue weighted by atomic mass is 10.0. The third kappa shape index (κ3) is 4.22. The minimum absolute atomic E-state index is 0.116. The minimum Gasteiger partial charge on any atom is -0.497 e. The van der Waals surface area contributed by atoms with Crippen molar-refractivity contribution in [3.8, 4) is 5.75 Å². The fraction of sp³-hybridized carbons (Fsp3) is 0.286. The predicted molar refractivity (Wildman–Crippen MR) is 107 cm³/mol. The van der Waals surface area contributed by atoms with E-state index in [0.717, 1.165) is 5.56 Å². The summed E-state index contributed by atoms with van der Waals surface area (Å²) in [7, 11) is -1.76. The van der Waals surface area contributed by atoms with Gasteiger partial charge in [-0.2, -0.15) is 0 Å². The highest BCUT2D eigenvalue weighted by Gasteiger charge is 2.32. The van der Waals surface area contributed by atoms with Gasteiger partial charge in [0, 0.05) is 16.7 Å². The van der Waals surface area contributed by atoms with Gasteiger partial charge in [0.15, 0.2) is 9.84 Å². The molecule has 142 valence electrons. The molecule has 0 saturated heterocycles. The molecule has 1 aliphatic heterocycles. The molecule has 0 saturated carbocycles. The highest BCUT2D eigenvalue weighted by atomic mass is 32.2. The molecule has 1 heterocycles. The van der Waals surface area contributed by atoms with Crippen LogP contribution in [0.15, 0.2) is 60.0 Å². The van der Waals surface area contributed by atoms with E-state index >= 15 is 0 Å². The normalized spacial score (nSPS) is 17.9. The molecule has 1 aliphatic rings. The third-order valence-electron chi connectivity index (χ3n) is 4.62. The Bertz CT molecular complexity index is 962. The zero-order chi connectivity index (χ0) is 19.6. The highest BCUT2D eigenvalue weighted by molar-refractivity contribution is 7.94. The largest absolute Gasteiger partial charge is 0.497 e. The standard InChI is InChI=1S/C21H23NO4S/c1-15(2)16-7-9-18(10-8-16)22(19-11-12-27(24,25)14-19)21(23)17-5-4-6-20(13-17)26-3/h4-13,15,19H,14H2,1-3H3/t19-/m1/s1. The molecule has 0 unspecified atom stereocenters. The lowest BCUT2D eigenvalue weighted by Crippen LogP contribution is -2.41. The zero-order valence-electron chi connectivity index (χ0n) is 15.6. The molecule has 6 heteroatoms. The first-order valence-electron chi connectivity index (χ1n) is 8.79. The fourth-order valence-electron chi connectivity index (χ4n) is 3.09. The summed E-state index contributed by atoms with van der Waals surface area (Å²) in [6, 6.07) is 14.0. The molecule has 3 rings (SSSR count). The monoisotopic (exact) mass is 385 g/mol. The Hall–Kier alpha value is -2.60. The molecular formula is C21H23NO4S. The number of sulfone groups is 1. The minimum atomic E-state index is -3.30. The molecule has 0 spiro atoms. The van der Waals surface area contributed by atoms with E-state index in [4.69, 9.17) is 4.74 Å². The van der Waals surface area contributed by atoms with E-state index in [1.165, 1.54) is 12.5 Å². The first kappa shape index (κ1) is 19.2. The third-order valence-corrected chi connectivity index (χ3v) is 5.99. The van der Waals surface area contributed by atoms with E-state index in [9.17, 15) is 13.2 Å². The van der Waals surface area contributed by atoms with Gasteiger partial charge in [0.05, 0.1) is 18.9 Å². The van der Waals surface area contributed by atoms with Gasteiger partial charge < -0.3 is 9.64 Å². The zero-order valence-corrected chi connectivity index (χ0v) is 16.4. The lowest BCUT2D eigenvalue weighted by molar-refractivity contribution is 0.0983.